The lowest BCUT2D eigenvalue weighted by Gasteiger charge is -2.24. The first kappa shape index (κ1) is 21.8. The number of carbonyl (C=O) groups excluding carboxylic acids is 3. The summed E-state index contributed by atoms with van der Waals surface area (Å²) in [5.74, 6) is -4.09. The average molecular weight is 441 g/mol. The maximum atomic E-state index is 13.5. The highest BCUT2D eigenvalue weighted by molar-refractivity contribution is 6.31. The summed E-state index contributed by atoms with van der Waals surface area (Å²) >= 11 is 11.9. The van der Waals surface area contributed by atoms with E-state index in [0.29, 0.717) is 15.6 Å². The third-order valence-corrected chi connectivity index (χ3v) is 5.27. The van der Waals surface area contributed by atoms with Crippen molar-refractivity contribution in [3.05, 3.63) is 106 Å². The van der Waals surface area contributed by atoms with E-state index in [1.165, 1.54) is 31.4 Å². The second-order valence-electron chi connectivity index (χ2n) is 6.63. The van der Waals surface area contributed by atoms with Crippen molar-refractivity contribution in [3.8, 4) is 0 Å². The van der Waals surface area contributed by atoms with Crippen LogP contribution in [0.5, 0.6) is 0 Å². The number of ketones is 2. The number of carbonyl (C=O) groups is 3. The van der Waals surface area contributed by atoms with Gasteiger partial charge in [0.2, 0.25) is 0 Å². The number of Topliss-reactive ketones (excluding diaryl/α,β-unsaturated/α-hetero) is 2. The molecule has 0 spiro atoms. The van der Waals surface area contributed by atoms with Gasteiger partial charge in [-0.25, -0.2) is 0 Å². The van der Waals surface area contributed by atoms with E-state index in [4.69, 9.17) is 27.9 Å². The van der Waals surface area contributed by atoms with Gasteiger partial charge in [-0.2, -0.15) is 0 Å². The van der Waals surface area contributed by atoms with Gasteiger partial charge in [-0.1, -0.05) is 53.5 Å². The first-order valence-electron chi connectivity index (χ1n) is 9.14. The van der Waals surface area contributed by atoms with E-state index in [-0.39, 0.29) is 11.1 Å². The Hall–Kier alpha value is -2.95. The van der Waals surface area contributed by atoms with Crippen LogP contribution in [-0.2, 0) is 9.53 Å². The molecule has 3 rings (SSSR count). The fourth-order valence-corrected chi connectivity index (χ4v) is 3.51. The van der Waals surface area contributed by atoms with Crippen molar-refractivity contribution in [1.82, 2.24) is 0 Å². The van der Waals surface area contributed by atoms with E-state index < -0.39 is 29.4 Å². The van der Waals surface area contributed by atoms with E-state index in [1.807, 2.05) is 0 Å². The minimum atomic E-state index is -1.32. The van der Waals surface area contributed by atoms with Crippen LogP contribution in [0.2, 0.25) is 10.0 Å². The molecular weight excluding hydrogens is 423 g/mol. The summed E-state index contributed by atoms with van der Waals surface area (Å²) in [4.78, 5) is 39.7. The number of ether oxygens (including phenoxy) is 1. The maximum absolute atomic E-state index is 13.5. The summed E-state index contributed by atoms with van der Waals surface area (Å²) in [6.07, 6.45) is 0. The standard InChI is InChI=1S/C24H18Cl2O4/c1-30-24(29)20(15-5-3-2-4-6-15)21(22(27)16-7-11-18(25)12-8-16)23(28)17-9-13-19(26)14-10-17/h2-14,20-21H,1H3. The highest BCUT2D eigenvalue weighted by Gasteiger charge is 2.41. The Kier molecular flexibility index (Phi) is 7.03. The molecule has 0 bridgehead atoms. The van der Waals surface area contributed by atoms with E-state index in [1.54, 1.807) is 54.6 Å². The third-order valence-electron chi connectivity index (χ3n) is 4.77. The number of esters is 1. The Morgan fingerprint density at radius 3 is 1.53 bits per heavy atom. The molecule has 1 unspecified atom stereocenters. The lowest BCUT2D eigenvalue weighted by atomic mass is 9.77. The van der Waals surface area contributed by atoms with Crippen LogP contribution >= 0.6 is 23.2 Å². The van der Waals surface area contributed by atoms with Gasteiger partial charge in [0.05, 0.1) is 13.0 Å². The van der Waals surface area contributed by atoms with Gasteiger partial charge in [-0.3, -0.25) is 14.4 Å². The van der Waals surface area contributed by atoms with Gasteiger partial charge < -0.3 is 4.74 Å². The zero-order valence-corrected chi connectivity index (χ0v) is 17.6. The number of rotatable bonds is 7. The highest BCUT2D eigenvalue weighted by atomic mass is 35.5. The van der Waals surface area contributed by atoms with Crippen LogP contribution in [0, 0.1) is 5.92 Å². The lowest BCUT2D eigenvalue weighted by molar-refractivity contribution is -0.143. The summed E-state index contributed by atoms with van der Waals surface area (Å²) in [6, 6.07) is 21.0. The van der Waals surface area contributed by atoms with Crippen molar-refractivity contribution in [2.24, 2.45) is 5.92 Å². The molecule has 4 nitrogen and oxygen atoms in total. The molecule has 1 atom stereocenters. The molecule has 0 fully saturated rings. The van der Waals surface area contributed by atoms with Crippen molar-refractivity contribution in [1.29, 1.82) is 0 Å². The van der Waals surface area contributed by atoms with Crippen molar-refractivity contribution in [2.45, 2.75) is 5.92 Å². The largest absolute Gasteiger partial charge is 0.469 e. The minimum absolute atomic E-state index is 0.275. The number of benzene rings is 3. The number of methoxy groups -OCH3 is 1. The normalized spacial score (nSPS) is 11.7. The van der Waals surface area contributed by atoms with Gasteiger partial charge in [0.15, 0.2) is 11.6 Å². The predicted molar refractivity (Wildman–Crippen MR) is 116 cm³/mol. The molecule has 0 saturated carbocycles. The van der Waals surface area contributed by atoms with Crippen LogP contribution in [0.1, 0.15) is 32.2 Å². The van der Waals surface area contributed by atoms with Crippen LogP contribution in [-0.4, -0.2) is 24.6 Å². The first-order valence-corrected chi connectivity index (χ1v) is 9.90. The van der Waals surface area contributed by atoms with Gasteiger partial charge in [0.25, 0.3) is 0 Å². The second-order valence-corrected chi connectivity index (χ2v) is 7.50. The molecule has 0 N–H and O–H groups in total. The van der Waals surface area contributed by atoms with E-state index in [9.17, 15) is 14.4 Å². The van der Waals surface area contributed by atoms with E-state index >= 15 is 0 Å². The van der Waals surface area contributed by atoms with Crippen LogP contribution in [0.4, 0.5) is 0 Å². The van der Waals surface area contributed by atoms with Crippen molar-refractivity contribution in [2.75, 3.05) is 7.11 Å². The molecule has 30 heavy (non-hydrogen) atoms. The summed E-state index contributed by atoms with van der Waals surface area (Å²) in [5.41, 5.74) is 1.06. The monoisotopic (exact) mass is 440 g/mol. The Morgan fingerprint density at radius 2 is 1.13 bits per heavy atom. The smallest absolute Gasteiger partial charge is 0.314 e. The molecule has 3 aromatic rings. The van der Waals surface area contributed by atoms with Crippen LogP contribution in [0.3, 0.4) is 0 Å². The van der Waals surface area contributed by atoms with E-state index in [0.717, 1.165) is 0 Å². The predicted octanol–water partition coefficient (Wildman–Crippen LogP) is 5.63. The van der Waals surface area contributed by atoms with Crippen LogP contribution < -0.4 is 0 Å². The molecular formula is C24H18Cl2O4. The third kappa shape index (κ3) is 4.78. The molecule has 0 aliphatic heterocycles. The fraction of sp³-hybridized carbons (Fsp3) is 0.125. The number of hydrogen-bond acceptors (Lipinski definition) is 4. The van der Waals surface area contributed by atoms with Crippen molar-refractivity contribution >= 4 is 40.7 Å². The highest BCUT2D eigenvalue weighted by Crippen LogP contribution is 2.32. The van der Waals surface area contributed by atoms with Gasteiger partial charge >= 0.3 is 5.97 Å². The average Bonchev–Trinajstić information content (AvgIpc) is 2.77. The van der Waals surface area contributed by atoms with Crippen molar-refractivity contribution < 1.29 is 19.1 Å². The molecule has 0 saturated heterocycles. The Morgan fingerprint density at radius 1 is 0.700 bits per heavy atom. The zero-order valence-electron chi connectivity index (χ0n) is 16.0. The van der Waals surface area contributed by atoms with Gasteiger partial charge in [-0.05, 0) is 54.1 Å². The Bertz CT molecular complexity index is 987. The molecule has 0 aromatic heterocycles. The van der Waals surface area contributed by atoms with E-state index in [2.05, 4.69) is 0 Å². The number of halogens is 2. The first-order chi connectivity index (χ1) is 14.4. The van der Waals surface area contributed by atoms with Crippen molar-refractivity contribution in [3.63, 3.8) is 0 Å². The molecule has 0 radical (unpaired) electrons. The molecule has 0 aliphatic rings. The SMILES string of the molecule is COC(=O)C(c1ccccc1)C(C(=O)c1ccc(Cl)cc1)C(=O)c1ccc(Cl)cc1. The Balaban J connectivity index is 2.14. The maximum Gasteiger partial charge on any atom is 0.314 e. The quantitative estimate of drug-likeness (QED) is 0.271. The zero-order chi connectivity index (χ0) is 21.7. The molecule has 3 aromatic carbocycles. The second kappa shape index (κ2) is 9.70. The summed E-state index contributed by atoms with van der Waals surface area (Å²) < 4.78 is 4.97. The molecule has 152 valence electrons. The topological polar surface area (TPSA) is 60.4 Å². The van der Waals surface area contributed by atoms with Crippen LogP contribution in [0.25, 0.3) is 0 Å². The summed E-state index contributed by atoms with van der Waals surface area (Å²) in [6.45, 7) is 0. The summed E-state index contributed by atoms with van der Waals surface area (Å²) in [7, 11) is 1.23. The Labute approximate surface area is 184 Å². The van der Waals surface area contributed by atoms with Gasteiger partial charge in [0.1, 0.15) is 5.92 Å². The summed E-state index contributed by atoms with van der Waals surface area (Å²) in [5, 5.41) is 0.916. The minimum Gasteiger partial charge on any atom is -0.469 e. The molecule has 0 amide bonds. The fourth-order valence-electron chi connectivity index (χ4n) is 3.26. The molecule has 0 aliphatic carbocycles. The molecule has 0 heterocycles. The van der Waals surface area contributed by atoms with Gasteiger partial charge in [-0.15, -0.1) is 0 Å². The van der Waals surface area contributed by atoms with Gasteiger partial charge in [0, 0.05) is 21.2 Å². The lowest BCUT2D eigenvalue weighted by Crippen LogP contribution is -2.35. The number of hydrogen-bond donors (Lipinski definition) is 0. The molecule has 6 heteroatoms. The van der Waals surface area contributed by atoms with Crippen LogP contribution in [0.15, 0.2) is 78.9 Å².